The van der Waals surface area contributed by atoms with Crippen molar-refractivity contribution in [2.24, 2.45) is 5.10 Å². The lowest BCUT2D eigenvalue weighted by molar-refractivity contribution is 0.104. The summed E-state index contributed by atoms with van der Waals surface area (Å²) in [5.74, 6) is 0.868. The molecule has 5 rings (SSSR count). The van der Waals surface area contributed by atoms with Gasteiger partial charge in [-0.2, -0.15) is 10.1 Å². The number of aromatic nitrogens is 2. The van der Waals surface area contributed by atoms with Gasteiger partial charge in [-0.15, -0.1) is 0 Å². The Morgan fingerprint density at radius 2 is 1.77 bits per heavy atom. The highest BCUT2D eigenvalue weighted by Gasteiger charge is 2.26. The molecule has 9 nitrogen and oxygen atoms in total. The summed E-state index contributed by atoms with van der Waals surface area (Å²) in [6, 6.07) is 20.1. The van der Waals surface area contributed by atoms with Crippen LogP contribution >= 0.6 is 0 Å². The van der Waals surface area contributed by atoms with E-state index in [0.29, 0.717) is 29.0 Å². The number of carbonyl (C=O) groups is 1. The van der Waals surface area contributed by atoms with Crippen LogP contribution in [-0.4, -0.2) is 41.2 Å². The standard InChI is InChI=1S/C34H36N6O3/c1-34(2,3)25-12-10-22(11-13-25)30-26-9-7-6-8-23(26)20-38-40(30)15-14-28(41)27-17-21(18-29(42-4)31(27)43-5)16-24-19-37-33(36)39-32(24)35/h6-15,17-20,30H,16H2,1-5H3,(H4,35,36,37,39). The van der Waals surface area contributed by atoms with Crippen LogP contribution in [0.1, 0.15) is 70.6 Å². The molecule has 0 saturated carbocycles. The first-order chi connectivity index (χ1) is 20.6. The van der Waals surface area contributed by atoms with Gasteiger partial charge in [-0.05, 0) is 39.8 Å². The molecule has 1 aliphatic rings. The summed E-state index contributed by atoms with van der Waals surface area (Å²) in [5, 5.41) is 6.52. The third-order valence-electron chi connectivity index (χ3n) is 7.47. The number of fused-ring (bicyclic) bond motifs is 1. The van der Waals surface area contributed by atoms with Crippen LogP contribution in [0.25, 0.3) is 0 Å². The van der Waals surface area contributed by atoms with Crippen LogP contribution in [0, 0.1) is 0 Å². The fourth-order valence-corrected chi connectivity index (χ4v) is 5.17. The van der Waals surface area contributed by atoms with E-state index in [2.05, 4.69) is 61.1 Å². The van der Waals surface area contributed by atoms with E-state index >= 15 is 0 Å². The van der Waals surface area contributed by atoms with E-state index in [9.17, 15) is 4.79 Å². The fraction of sp³-hybridized carbons (Fsp3) is 0.235. The minimum atomic E-state index is -0.269. The van der Waals surface area contributed by atoms with Crippen molar-refractivity contribution in [2.75, 3.05) is 25.7 Å². The third kappa shape index (κ3) is 6.21. The minimum absolute atomic E-state index is 0.0361. The maximum atomic E-state index is 13.7. The Hall–Kier alpha value is -5.18. The third-order valence-corrected chi connectivity index (χ3v) is 7.47. The predicted molar refractivity (Wildman–Crippen MR) is 170 cm³/mol. The Balaban J connectivity index is 1.49. The number of hydrogen-bond donors (Lipinski definition) is 2. The van der Waals surface area contributed by atoms with Gasteiger partial charge in [0.05, 0.1) is 26.0 Å². The van der Waals surface area contributed by atoms with Crippen molar-refractivity contribution in [3.63, 3.8) is 0 Å². The lowest BCUT2D eigenvalue weighted by Crippen LogP contribution is -2.25. The molecule has 43 heavy (non-hydrogen) atoms. The number of nitrogens with zero attached hydrogens (tertiary/aromatic N) is 4. The van der Waals surface area contributed by atoms with Crippen LogP contribution < -0.4 is 20.9 Å². The Bertz CT molecular complexity index is 1710. The van der Waals surface area contributed by atoms with Gasteiger partial charge in [0.2, 0.25) is 5.95 Å². The molecular formula is C34H36N6O3. The molecule has 0 radical (unpaired) electrons. The summed E-state index contributed by atoms with van der Waals surface area (Å²) in [7, 11) is 3.04. The van der Waals surface area contributed by atoms with Crippen molar-refractivity contribution in [3.8, 4) is 11.5 Å². The van der Waals surface area contributed by atoms with Crippen LogP contribution in [-0.2, 0) is 11.8 Å². The van der Waals surface area contributed by atoms with Crippen LogP contribution in [0.4, 0.5) is 11.8 Å². The molecule has 9 heteroatoms. The second-order valence-electron chi connectivity index (χ2n) is 11.4. The largest absolute Gasteiger partial charge is 0.493 e. The lowest BCUT2D eigenvalue weighted by atomic mass is 9.85. The number of ketones is 1. The topological polar surface area (TPSA) is 129 Å². The van der Waals surface area contributed by atoms with Crippen molar-refractivity contribution in [3.05, 3.63) is 118 Å². The highest BCUT2D eigenvalue weighted by molar-refractivity contribution is 6.07. The molecule has 1 aliphatic heterocycles. The van der Waals surface area contributed by atoms with Crippen molar-refractivity contribution in [2.45, 2.75) is 38.6 Å². The first kappa shape index (κ1) is 29.3. The molecule has 220 valence electrons. The van der Waals surface area contributed by atoms with Crippen molar-refractivity contribution in [1.82, 2.24) is 15.0 Å². The number of allylic oxidation sites excluding steroid dienone is 1. The van der Waals surface area contributed by atoms with E-state index in [-0.39, 0.29) is 29.0 Å². The molecule has 1 aromatic heterocycles. The van der Waals surface area contributed by atoms with Gasteiger partial charge >= 0.3 is 0 Å². The lowest BCUT2D eigenvalue weighted by Gasteiger charge is -2.32. The second kappa shape index (κ2) is 12.0. The molecule has 1 atom stereocenters. The average molecular weight is 577 g/mol. The van der Waals surface area contributed by atoms with Crippen LogP contribution in [0.3, 0.4) is 0 Å². The average Bonchev–Trinajstić information content (AvgIpc) is 3.00. The number of hydrazone groups is 1. The molecule has 0 spiro atoms. The maximum absolute atomic E-state index is 13.7. The normalized spacial score (nSPS) is 14.5. The quantitative estimate of drug-likeness (QED) is 0.202. The number of nitrogen functional groups attached to an aromatic ring is 2. The van der Waals surface area contributed by atoms with E-state index in [1.165, 1.54) is 25.9 Å². The predicted octanol–water partition coefficient (Wildman–Crippen LogP) is 5.68. The van der Waals surface area contributed by atoms with Gasteiger partial charge in [-0.3, -0.25) is 9.80 Å². The highest BCUT2D eigenvalue weighted by Crippen LogP contribution is 2.37. The van der Waals surface area contributed by atoms with Crippen molar-refractivity contribution < 1.29 is 14.3 Å². The number of methoxy groups -OCH3 is 2. The Kier molecular flexibility index (Phi) is 8.16. The Labute approximate surface area is 251 Å². The number of hydrogen-bond acceptors (Lipinski definition) is 9. The molecule has 2 heterocycles. The van der Waals surface area contributed by atoms with E-state index in [1.54, 1.807) is 24.5 Å². The summed E-state index contributed by atoms with van der Waals surface area (Å²) in [6.07, 6.45) is 6.98. The van der Waals surface area contributed by atoms with Crippen LogP contribution in [0.5, 0.6) is 11.5 Å². The number of ether oxygens (including phenoxy) is 2. The van der Waals surface area contributed by atoms with Gasteiger partial charge in [0.25, 0.3) is 0 Å². The zero-order chi connectivity index (χ0) is 30.7. The zero-order valence-corrected chi connectivity index (χ0v) is 25.0. The number of carbonyl (C=O) groups excluding carboxylic acids is 1. The maximum Gasteiger partial charge on any atom is 0.221 e. The van der Waals surface area contributed by atoms with Gasteiger partial charge in [-0.1, -0.05) is 69.3 Å². The molecule has 0 bridgehead atoms. The first-order valence-corrected chi connectivity index (χ1v) is 13.9. The highest BCUT2D eigenvalue weighted by atomic mass is 16.5. The van der Waals surface area contributed by atoms with Crippen molar-refractivity contribution in [1.29, 1.82) is 0 Å². The SMILES string of the molecule is COc1cc(Cc2cnc(N)nc2N)cc(C(=O)C=CN2N=Cc3ccccc3C2c2ccc(C(C)(C)C)cc2)c1OC. The molecule has 0 saturated heterocycles. The first-order valence-electron chi connectivity index (χ1n) is 13.9. The van der Waals surface area contributed by atoms with Gasteiger partial charge in [0, 0.05) is 36.0 Å². The van der Waals surface area contributed by atoms with E-state index in [4.69, 9.17) is 26.0 Å². The van der Waals surface area contributed by atoms with Gasteiger partial charge in [-0.25, -0.2) is 4.98 Å². The molecule has 4 N–H and O–H groups in total. The Morgan fingerprint density at radius 3 is 2.44 bits per heavy atom. The molecule has 0 aliphatic carbocycles. The molecule has 0 amide bonds. The molecule has 0 fully saturated rings. The summed E-state index contributed by atoms with van der Waals surface area (Å²) in [4.78, 5) is 21.8. The van der Waals surface area contributed by atoms with Gasteiger partial charge in [0.15, 0.2) is 17.3 Å². The summed E-state index contributed by atoms with van der Waals surface area (Å²) >= 11 is 0. The fourth-order valence-electron chi connectivity index (χ4n) is 5.17. The summed E-state index contributed by atoms with van der Waals surface area (Å²) in [6.45, 7) is 6.58. The van der Waals surface area contributed by atoms with E-state index in [0.717, 1.165) is 22.3 Å². The molecular weight excluding hydrogens is 540 g/mol. The number of anilines is 2. The van der Waals surface area contributed by atoms with Crippen LogP contribution in [0.2, 0.25) is 0 Å². The smallest absolute Gasteiger partial charge is 0.221 e. The van der Waals surface area contributed by atoms with Crippen molar-refractivity contribution >= 4 is 23.8 Å². The molecule has 3 aromatic carbocycles. The van der Waals surface area contributed by atoms with E-state index in [1.807, 2.05) is 29.4 Å². The van der Waals surface area contributed by atoms with Crippen LogP contribution in [0.15, 0.2) is 84.2 Å². The van der Waals surface area contributed by atoms with Gasteiger partial charge in [0.1, 0.15) is 11.9 Å². The number of nitrogens with two attached hydrogens (primary N) is 2. The number of rotatable bonds is 8. The zero-order valence-electron chi connectivity index (χ0n) is 25.0. The summed E-state index contributed by atoms with van der Waals surface area (Å²) < 4.78 is 11.2. The second-order valence-corrected chi connectivity index (χ2v) is 11.4. The van der Waals surface area contributed by atoms with E-state index < -0.39 is 0 Å². The van der Waals surface area contributed by atoms with Gasteiger partial charge < -0.3 is 20.9 Å². The molecule has 4 aromatic rings. The summed E-state index contributed by atoms with van der Waals surface area (Å²) in [5.41, 5.74) is 18.0. The minimum Gasteiger partial charge on any atom is -0.493 e. The number of benzene rings is 3. The molecule has 1 unspecified atom stereocenters. The monoisotopic (exact) mass is 576 g/mol. The Morgan fingerprint density at radius 1 is 1.02 bits per heavy atom.